The van der Waals surface area contributed by atoms with Crippen LogP contribution in [0.2, 0.25) is 0 Å². The molecule has 0 amide bonds. The molecule has 1 aromatic heterocycles. The number of nitrogens with zero attached hydrogens (tertiary/aromatic N) is 1. The molecule has 0 saturated heterocycles. The zero-order valence-electron chi connectivity index (χ0n) is 12.4. The Labute approximate surface area is 128 Å². The van der Waals surface area contributed by atoms with Crippen LogP contribution in [0.3, 0.4) is 0 Å². The van der Waals surface area contributed by atoms with Crippen molar-refractivity contribution in [1.29, 1.82) is 0 Å². The van der Waals surface area contributed by atoms with E-state index >= 15 is 0 Å². The molecule has 2 nitrogen and oxygen atoms in total. The third-order valence-corrected chi connectivity index (χ3v) is 4.32. The molecule has 0 radical (unpaired) electrons. The van der Waals surface area contributed by atoms with E-state index in [0.29, 0.717) is 6.04 Å². The first-order chi connectivity index (χ1) is 9.25. The second kappa shape index (κ2) is 6.64. The lowest BCUT2D eigenvalue weighted by Crippen LogP contribution is -2.25. The maximum Gasteiger partial charge on any atom is 0.0486 e. The Bertz CT molecular complexity index is 553. The molecule has 1 aliphatic carbocycles. The largest absolute Gasteiger partial charge is 0.345 e. The van der Waals surface area contributed by atoms with Crippen molar-refractivity contribution in [1.82, 2.24) is 9.88 Å². The maximum atomic E-state index is 3.73. The summed E-state index contributed by atoms with van der Waals surface area (Å²) in [6, 6.07) is 10.0. The van der Waals surface area contributed by atoms with E-state index in [1.54, 1.807) is 0 Å². The minimum absolute atomic E-state index is 0. The molecule has 0 spiro atoms. The van der Waals surface area contributed by atoms with Gasteiger partial charge in [0.25, 0.3) is 0 Å². The molecule has 1 N–H and O–H groups in total. The fraction of sp³-hybridized carbons (Fsp3) is 0.529. The van der Waals surface area contributed by atoms with Crippen molar-refractivity contribution in [2.24, 2.45) is 0 Å². The molecule has 2 aromatic rings. The molecule has 0 atom stereocenters. The van der Waals surface area contributed by atoms with E-state index in [0.717, 1.165) is 12.6 Å². The third-order valence-electron chi connectivity index (χ3n) is 4.32. The van der Waals surface area contributed by atoms with E-state index in [-0.39, 0.29) is 12.4 Å². The zero-order chi connectivity index (χ0) is 13.2. The molecule has 0 aliphatic heterocycles. The Balaban J connectivity index is 0.00000147. The number of halogens is 1. The van der Waals surface area contributed by atoms with Gasteiger partial charge in [0.1, 0.15) is 0 Å². The molecular formula is C17H25ClN2. The first-order valence-electron chi connectivity index (χ1n) is 7.57. The number of fused-ring (bicyclic) bond motifs is 1. The van der Waals surface area contributed by atoms with Crippen LogP contribution in [0.5, 0.6) is 0 Å². The molecule has 1 aliphatic rings. The molecule has 3 heteroatoms. The van der Waals surface area contributed by atoms with Gasteiger partial charge in [0, 0.05) is 35.7 Å². The van der Waals surface area contributed by atoms with Gasteiger partial charge in [-0.3, -0.25) is 0 Å². The quantitative estimate of drug-likeness (QED) is 0.866. The van der Waals surface area contributed by atoms with Crippen LogP contribution < -0.4 is 5.32 Å². The van der Waals surface area contributed by atoms with E-state index < -0.39 is 0 Å². The van der Waals surface area contributed by atoms with Crippen LogP contribution in [-0.2, 0) is 6.54 Å². The van der Waals surface area contributed by atoms with Crippen molar-refractivity contribution >= 4 is 23.3 Å². The minimum Gasteiger partial charge on any atom is -0.345 e. The van der Waals surface area contributed by atoms with E-state index in [1.165, 1.54) is 42.1 Å². The normalized spacial score (nSPS) is 15.9. The van der Waals surface area contributed by atoms with Gasteiger partial charge in [-0.25, -0.2) is 0 Å². The highest BCUT2D eigenvalue weighted by Crippen LogP contribution is 2.25. The van der Waals surface area contributed by atoms with Crippen LogP contribution in [-0.4, -0.2) is 10.6 Å². The fourth-order valence-electron chi connectivity index (χ4n) is 3.23. The van der Waals surface area contributed by atoms with Crippen molar-refractivity contribution in [3.8, 4) is 0 Å². The highest BCUT2D eigenvalue weighted by molar-refractivity contribution is 5.85. The molecule has 1 fully saturated rings. The van der Waals surface area contributed by atoms with E-state index in [1.807, 2.05) is 0 Å². The Hall–Kier alpha value is -0.990. The molecule has 1 aromatic carbocycles. The SMILES string of the molecule is CC(C)n1cc(CNC2CCCC2)c2ccccc21.Cl. The standard InChI is InChI=1S/C17H24N2.ClH/c1-13(2)19-12-14(11-18-15-7-3-4-8-15)16-9-5-6-10-17(16)19;/h5-6,9-10,12-13,15,18H,3-4,7-8,11H2,1-2H3;1H. The van der Waals surface area contributed by atoms with Crippen molar-refractivity contribution in [2.45, 2.75) is 58.2 Å². The van der Waals surface area contributed by atoms with Crippen LogP contribution >= 0.6 is 12.4 Å². The topological polar surface area (TPSA) is 17.0 Å². The van der Waals surface area contributed by atoms with Crippen LogP contribution in [0.25, 0.3) is 10.9 Å². The lowest BCUT2D eigenvalue weighted by atomic mass is 10.1. The Morgan fingerprint density at radius 2 is 1.90 bits per heavy atom. The molecular weight excluding hydrogens is 268 g/mol. The highest BCUT2D eigenvalue weighted by atomic mass is 35.5. The van der Waals surface area contributed by atoms with E-state index in [4.69, 9.17) is 0 Å². The summed E-state index contributed by atoms with van der Waals surface area (Å²) >= 11 is 0. The van der Waals surface area contributed by atoms with Crippen LogP contribution in [0.1, 0.15) is 51.1 Å². The number of nitrogens with one attached hydrogen (secondary N) is 1. The summed E-state index contributed by atoms with van der Waals surface area (Å²) in [5.74, 6) is 0. The molecule has 3 rings (SSSR count). The third kappa shape index (κ3) is 3.02. The smallest absolute Gasteiger partial charge is 0.0486 e. The summed E-state index contributed by atoms with van der Waals surface area (Å²) in [5.41, 5.74) is 2.80. The summed E-state index contributed by atoms with van der Waals surface area (Å²) in [6.45, 7) is 5.51. The monoisotopic (exact) mass is 292 g/mol. The number of aromatic nitrogens is 1. The molecule has 110 valence electrons. The maximum absolute atomic E-state index is 3.73. The zero-order valence-corrected chi connectivity index (χ0v) is 13.2. The summed E-state index contributed by atoms with van der Waals surface area (Å²) < 4.78 is 2.39. The molecule has 0 unspecified atom stereocenters. The van der Waals surface area contributed by atoms with Crippen LogP contribution in [0.4, 0.5) is 0 Å². The molecule has 1 heterocycles. The minimum atomic E-state index is 0. The Morgan fingerprint density at radius 1 is 1.20 bits per heavy atom. The predicted octanol–water partition coefficient (Wildman–Crippen LogP) is 4.68. The van der Waals surface area contributed by atoms with Gasteiger partial charge in [0.15, 0.2) is 0 Å². The summed E-state index contributed by atoms with van der Waals surface area (Å²) in [4.78, 5) is 0. The first kappa shape index (κ1) is 15.4. The van der Waals surface area contributed by atoms with Crippen molar-refractivity contribution < 1.29 is 0 Å². The fourth-order valence-corrected chi connectivity index (χ4v) is 3.23. The van der Waals surface area contributed by atoms with Gasteiger partial charge in [0.05, 0.1) is 0 Å². The molecule has 1 saturated carbocycles. The van der Waals surface area contributed by atoms with Crippen molar-refractivity contribution in [3.05, 3.63) is 36.0 Å². The number of hydrogen-bond donors (Lipinski definition) is 1. The van der Waals surface area contributed by atoms with E-state index in [2.05, 4.69) is 54.2 Å². The predicted molar refractivity (Wildman–Crippen MR) is 88.7 cm³/mol. The molecule has 20 heavy (non-hydrogen) atoms. The summed E-state index contributed by atoms with van der Waals surface area (Å²) in [6.07, 6.45) is 7.82. The summed E-state index contributed by atoms with van der Waals surface area (Å²) in [7, 11) is 0. The van der Waals surface area contributed by atoms with Crippen molar-refractivity contribution in [2.75, 3.05) is 0 Å². The van der Waals surface area contributed by atoms with Gasteiger partial charge >= 0.3 is 0 Å². The van der Waals surface area contributed by atoms with Gasteiger partial charge < -0.3 is 9.88 Å². The second-order valence-corrected chi connectivity index (χ2v) is 6.03. The number of para-hydroxylation sites is 1. The second-order valence-electron chi connectivity index (χ2n) is 6.03. The lowest BCUT2D eigenvalue weighted by Gasteiger charge is -2.11. The number of benzene rings is 1. The lowest BCUT2D eigenvalue weighted by molar-refractivity contribution is 0.523. The van der Waals surface area contributed by atoms with Gasteiger partial charge in [0.2, 0.25) is 0 Å². The van der Waals surface area contributed by atoms with Gasteiger partial charge in [-0.05, 0) is 38.3 Å². The average Bonchev–Trinajstić information content (AvgIpc) is 3.04. The number of rotatable bonds is 4. The average molecular weight is 293 g/mol. The van der Waals surface area contributed by atoms with Crippen LogP contribution in [0, 0.1) is 0 Å². The highest BCUT2D eigenvalue weighted by Gasteiger charge is 2.15. The Morgan fingerprint density at radius 3 is 2.60 bits per heavy atom. The van der Waals surface area contributed by atoms with Crippen molar-refractivity contribution in [3.63, 3.8) is 0 Å². The summed E-state index contributed by atoms with van der Waals surface area (Å²) in [5, 5.41) is 5.13. The van der Waals surface area contributed by atoms with Gasteiger partial charge in [-0.1, -0.05) is 31.0 Å². The first-order valence-corrected chi connectivity index (χ1v) is 7.57. The molecule has 0 bridgehead atoms. The van der Waals surface area contributed by atoms with E-state index in [9.17, 15) is 0 Å². The van der Waals surface area contributed by atoms with Crippen LogP contribution in [0.15, 0.2) is 30.5 Å². The van der Waals surface area contributed by atoms with Gasteiger partial charge in [-0.2, -0.15) is 0 Å². The van der Waals surface area contributed by atoms with Gasteiger partial charge in [-0.15, -0.1) is 12.4 Å². The number of hydrogen-bond acceptors (Lipinski definition) is 1. The Kier molecular flexibility index (Phi) is 5.11.